The maximum absolute atomic E-state index is 10.1. The number of aliphatic hydroxyl groups excluding tert-OH is 8. The van der Waals surface area contributed by atoms with Crippen LogP contribution < -0.4 is 0 Å². The highest BCUT2D eigenvalue weighted by atomic mass is 16.6. The molecule has 2 rings (SSSR count). The van der Waals surface area contributed by atoms with Gasteiger partial charge in [-0.2, -0.15) is 0 Å². The lowest BCUT2D eigenvalue weighted by Crippen LogP contribution is -2.67. The summed E-state index contributed by atoms with van der Waals surface area (Å²) in [5.74, 6) is -1.20. The fourth-order valence-corrected chi connectivity index (χ4v) is 2.99. The van der Waals surface area contributed by atoms with Crippen LogP contribution in [-0.4, -0.2) is 109 Å². The van der Waals surface area contributed by atoms with Crippen molar-refractivity contribution in [3.8, 4) is 0 Å². The van der Waals surface area contributed by atoms with Gasteiger partial charge in [-0.15, -0.1) is 0 Å². The lowest BCUT2D eigenvalue weighted by molar-refractivity contribution is -0.315. The first-order chi connectivity index (χ1) is 10.3. The summed E-state index contributed by atoms with van der Waals surface area (Å²) in [4.78, 5) is 0. The van der Waals surface area contributed by atoms with Gasteiger partial charge in [0.25, 0.3) is 0 Å². The van der Waals surface area contributed by atoms with Gasteiger partial charge < -0.3 is 50.3 Å². The zero-order valence-electron chi connectivity index (χ0n) is 11.6. The summed E-state index contributed by atoms with van der Waals surface area (Å²) in [6.07, 6.45) is -13.7. The number of rotatable bonds is 3. The zero-order valence-corrected chi connectivity index (χ0v) is 11.6. The molecule has 0 spiro atoms. The molecule has 10 nitrogen and oxygen atoms in total. The van der Waals surface area contributed by atoms with Crippen molar-refractivity contribution in [2.75, 3.05) is 13.2 Å². The van der Waals surface area contributed by atoms with E-state index in [0.29, 0.717) is 0 Å². The molecule has 0 aliphatic carbocycles. The van der Waals surface area contributed by atoms with E-state index >= 15 is 0 Å². The van der Waals surface area contributed by atoms with Crippen molar-refractivity contribution in [2.45, 2.75) is 55.1 Å². The molecule has 0 aromatic rings. The molecule has 0 saturated carbocycles. The Kier molecular flexibility index (Phi) is 5.72. The average Bonchev–Trinajstić information content (AvgIpc) is 2.51. The van der Waals surface area contributed by atoms with Gasteiger partial charge in [0.2, 0.25) is 0 Å². The van der Waals surface area contributed by atoms with Gasteiger partial charge in [0.15, 0.2) is 6.29 Å². The number of hydrogen-bond acceptors (Lipinski definition) is 10. The number of hydrogen-bond donors (Lipinski definition) is 8. The van der Waals surface area contributed by atoms with E-state index in [9.17, 15) is 35.7 Å². The molecular formula is C12H22O10. The van der Waals surface area contributed by atoms with Crippen LogP contribution in [0.3, 0.4) is 0 Å². The maximum Gasteiger partial charge on any atom is 0.183 e. The Balaban J connectivity index is 2.26. The SMILES string of the molecule is OC[C@H]1O[C@H](O)[C@H](O)[C@@H](O)C1[C@H]1O[C@H](CO)[C@@H](O)[C@H](O)[C@H]1O. The van der Waals surface area contributed by atoms with Gasteiger partial charge in [0, 0.05) is 5.92 Å². The molecule has 0 bridgehead atoms. The molecule has 10 atom stereocenters. The van der Waals surface area contributed by atoms with Crippen molar-refractivity contribution in [1.82, 2.24) is 0 Å². The largest absolute Gasteiger partial charge is 0.394 e. The highest BCUT2D eigenvalue weighted by molar-refractivity contribution is 5.01. The zero-order chi connectivity index (χ0) is 16.6. The maximum atomic E-state index is 10.1. The highest BCUT2D eigenvalue weighted by Crippen LogP contribution is 2.35. The molecule has 2 heterocycles. The fraction of sp³-hybridized carbons (Fsp3) is 1.00. The monoisotopic (exact) mass is 326 g/mol. The molecule has 10 heteroatoms. The van der Waals surface area contributed by atoms with E-state index in [-0.39, 0.29) is 0 Å². The molecule has 2 aliphatic rings. The van der Waals surface area contributed by atoms with Crippen LogP contribution in [0.5, 0.6) is 0 Å². The van der Waals surface area contributed by atoms with E-state index in [2.05, 4.69) is 0 Å². The van der Waals surface area contributed by atoms with Gasteiger partial charge in [-0.1, -0.05) is 0 Å². The minimum Gasteiger partial charge on any atom is -0.394 e. The van der Waals surface area contributed by atoms with Crippen LogP contribution in [0, 0.1) is 5.92 Å². The smallest absolute Gasteiger partial charge is 0.183 e. The lowest BCUT2D eigenvalue weighted by Gasteiger charge is -2.49. The molecule has 130 valence electrons. The second-order valence-corrected chi connectivity index (χ2v) is 5.60. The van der Waals surface area contributed by atoms with Crippen LogP contribution in [0.1, 0.15) is 0 Å². The third-order valence-corrected chi connectivity index (χ3v) is 4.27. The van der Waals surface area contributed by atoms with Crippen LogP contribution in [-0.2, 0) is 9.47 Å². The van der Waals surface area contributed by atoms with Crippen molar-refractivity contribution < 1.29 is 50.3 Å². The molecule has 0 amide bonds. The topological polar surface area (TPSA) is 180 Å². The third-order valence-electron chi connectivity index (χ3n) is 4.27. The van der Waals surface area contributed by atoms with Gasteiger partial charge in [-0.05, 0) is 0 Å². The Morgan fingerprint density at radius 1 is 0.591 bits per heavy atom. The van der Waals surface area contributed by atoms with Crippen molar-refractivity contribution in [3.05, 3.63) is 0 Å². The molecule has 0 aromatic carbocycles. The van der Waals surface area contributed by atoms with E-state index in [1.807, 2.05) is 0 Å². The third kappa shape index (κ3) is 2.99. The van der Waals surface area contributed by atoms with Crippen LogP contribution in [0.2, 0.25) is 0 Å². The standard InChI is InChI=1S/C12H22O10/c13-1-3-5(7(16)10(19)12(20)22-3)11-9(18)8(17)6(15)4(2-14)21-11/h3-20H,1-2H2/t3-,4-,5?,6-,7+,8+,9-,10-,11-,12+/m1/s1. The first-order valence-corrected chi connectivity index (χ1v) is 6.94. The van der Waals surface area contributed by atoms with Gasteiger partial charge in [0.05, 0.1) is 31.5 Å². The lowest BCUT2D eigenvalue weighted by atomic mass is 9.79. The molecule has 0 aromatic heterocycles. The summed E-state index contributed by atoms with van der Waals surface area (Å²) in [5, 5.41) is 77.2. The van der Waals surface area contributed by atoms with Gasteiger partial charge in [-0.3, -0.25) is 0 Å². The van der Waals surface area contributed by atoms with E-state index < -0.39 is 74.3 Å². The predicted octanol–water partition coefficient (Wildman–Crippen LogP) is -5.12. The van der Waals surface area contributed by atoms with Crippen LogP contribution >= 0.6 is 0 Å². The highest BCUT2D eigenvalue weighted by Gasteiger charge is 2.54. The van der Waals surface area contributed by atoms with Crippen LogP contribution in [0.25, 0.3) is 0 Å². The Bertz CT molecular complexity index is 364. The van der Waals surface area contributed by atoms with E-state index in [1.54, 1.807) is 0 Å². The average molecular weight is 326 g/mol. The summed E-state index contributed by atoms with van der Waals surface area (Å²) < 4.78 is 10.3. The normalized spacial score (nSPS) is 53.5. The summed E-state index contributed by atoms with van der Waals surface area (Å²) in [6.45, 7) is -1.30. The fourth-order valence-electron chi connectivity index (χ4n) is 2.99. The minimum atomic E-state index is -1.73. The molecule has 2 fully saturated rings. The van der Waals surface area contributed by atoms with Crippen molar-refractivity contribution in [2.24, 2.45) is 5.92 Å². The number of ether oxygens (including phenoxy) is 2. The molecule has 22 heavy (non-hydrogen) atoms. The summed E-state index contributed by atoms with van der Waals surface area (Å²) >= 11 is 0. The minimum absolute atomic E-state index is 0.652. The molecule has 1 unspecified atom stereocenters. The van der Waals surface area contributed by atoms with Crippen LogP contribution in [0.15, 0.2) is 0 Å². The Hall–Kier alpha value is -0.400. The first kappa shape index (κ1) is 17.9. The Labute approximate surface area is 125 Å². The summed E-state index contributed by atoms with van der Waals surface area (Å²) in [6, 6.07) is 0. The van der Waals surface area contributed by atoms with Gasteiger partial charge >= 0.3 is 0 Å². The second kappa shape index (κ2) is 7.01. The molecule has 2 aliphatic heterocycles. The predicted molar refractivity (Wildman–Crippen MR) is 67.2 cm³/mol. The summed E-state index contributed by atoms with van der Waals surface area (Å²) in [7, 11) is 0. The van der Waals surface area contributed by atoms with Crippen LogP contribution in [0.4, 0.5) is 0 Å². The van der Waals surface area contributed by atoms with Gasteiger partial charge in [-0.25, -0.2) is 0 Å². The van der Waals surface area contributed by atoms with Crippen molar-refractivity contribution in [3.63, 3.8) is 0 Å². The van der Waals surface area contributed by atoms with E-state index in [4.69, 9.17) is 14.6 Å². The quantitative estimate of drug-likeness (QED) is 0.250. The molecule has 0 radical (unpaired) electrons. The van der Waals surface area contributed by atoms with Crippen molar-refractivity contribution in [1.29, 1.82) is 0 Å². The first-order valence-electron chi connectivity index (χ1n) is 6.94. The van der Waals surface area contributed by atoms with Crippen molar-refractivity contribution >= 4 is 0 Å². The van der Waals surface area contributed by atoms with E-state index in [0.717, 1.165) is 0 Å². The molecule has 2 saturated heterocycles. The summed E-state index contributed by atoms with van der Waals surface area (Å²) in [5.41, 5.74) is 0. The molecule has 8 N–H and O–H groups in total. The Morgan fingerprint density at radius 2 is 1.18 bits per heavy atom. The second-order valence-electron chi connectivity index (χ2n) is 5.60. The Morgan fingerprint density at radius 3 is 1.73 bits per heavy atom. The van der Waals surface area contributed by atoms with Gasteiger partial charge in [0.1, 0.15) is 30.5 Å². The number of aliphatic hydroxyl groups is 8. The van der Waals surface area contributed by atoms with E-state index in [1.165, 1.54) is 0 Å². The molecular weight excluding hydrogens is 304 g/mol.